The SMILES string of the molecule is CC(=O)c1sc(NC(=O)Oc2ccccc2)nc1C.[H-].[Na+]. The Kier molecular flexibility index (Phi) is 6.35. The van der Waals surface area contributed by atoms with Crippen LogP contribution in [0.4, 0.5) is 9.93 Å². The summed E-state index contributed by atoms with van der Waals surface area (Å²) in [5, 5.41) is 2.85. The molecule has 2 aromatic rings. The molecule has 0 unspecified atom stereocenters. The number of benzene rings is 1. The van der Waals surface area contributed by atoms with Gasteiger partial charge in [-0.2, -0.15) is 0 Å². The number of para-hydroxylation sites is 1. The maximum Gasteiger partial charge on any atom is 1.00 e. The molecule has 5 nitrogen and oxygen atoms in total. The van der Waals surface area contributed by atoms with Gasteiger partial charge in [0, 0.05) is 6.92 Å². The minimum atomic E-state index is -0.630. The number of ether oxygens (including phenoxy) is 1. The van der Waals surface area contributed by atoms with Gasteiger partial charge in [-0.05, 0) is 19.1 Å². The van der Waals surface area contributed by atoms with E-state index in [1.54, 1.807) is 31.2 Å². The number of amides is 1. The molecule has 20 heavy (non-hydrogen) atoms. The smallest absolute Gasteiger partial charge is 1.00 e. The van der Waals surface area contributed by atoms with E-state index in [4.69, 9.17) is 4.74 Å². The molecule has 0 aliphatic carbocycles. The summed E-state index contributed by atoms with van der Waals surface area (Å²) in [5.41, 5.74) is 0.604. The van der Waals surface area contributed by atoms with Crippen molar-refractivity contribution in [2.75, 3.05) is 5.32 Å². The average molecular weight is 300 g/mol. The first-order chi connectivity index (χ1) is 9.06. The molecule has 0 aliphatic rings. The van der Waals surface area contributed by atoms with Crippen molar-refractivity contribution in [1.82, 2.24) is 4.98 Å². The second-order valence-electron chi connectivity index (χ2n) is 3.82. The number of hydrogen-bond acceptors (Lipinski definition) is 5. The zero-order chi connectivity index (χ0) is 13.8. The number of aromatic nitrogens is 1. The van der Waals surface area contributed by atoms with Crippen LogP contribution in [0.1, 0.15) is 23.7 Å². The van der Waals surface area contributed by atoms with Gasteiger partial charge in [0.1, 0.15) is 5.75 Å². The van der Waals surface area contributed by atoms with Gasteiger partial charge in [-0.3, -0.25) is 10.1 Å². The number of hydrogen-bond donors (Lipinski definition) is 1. The van der Waals surface area contributed by atoms with Gasteiger partial charge < -0.3 is 6.16 Å². The van der Waals surface area contributed by atoms with Crippen LogP contribution >= 0.6 is 11.3 Å². The first kappa shape index (κ1) is 16.8. The zero-order valence-electron chi connectivity index (χ0n) is 12.5. The minimum absolute atomic E-state index is 0. The number of nitrogens with one attached hydrogen (secondary N) is 1. The van der Waals surface area contributed by atoms with Gasteiger partial charge in [0.25, 0.3) is 0 Å². The number of Topliss-reactive ketones (excluding diaryl/α,β-unsaturated/α-hetero) is 1. The van der Waals surface area contributed by atoms with E-state index in [1.807, 2.05) is 6.07 Å². The van der Waals surface area contributed by atoms with Gasteiger partial charge in [0.15, 0.2) is 10.9 Å². The summed E-state index contributed by atoms with van der Waals surface area (Å²) in [4.78, 5) is 27.5. The largest absolute Gasteiger partial charge is 1.00 e. The Hall–Kier alpha value is -1.21. The second kappa shape index (κ2) is 7.54. The summed E-state index contributed by atoms with van der Waals surface area (Å²) in [5.74, 6) is 0.375. The molecule has 0 radical (unpaired) electrons. The molecule has 1 heterocycles. The first-order valence-electron chi connectivity index (χ1n) is 5.58. The van der Waals surface area contributed by atoms with Crippen molar-refractivity contribution < 1.29 is 45.3 Å². The van der Waals surface area contributed by atoms with Gasteiger partial charge >= 0.3 is 35.7 Å². The van der Waals surface area contributed by atoms with E-state index in [-0.39, 0.29) is 36.8 Å². The van der Waals surface area contributed by atoms with Crippen LogP contribution in [0.2, 0.25) is 0 Å². The Morgan fingerprint density at radius 1 is 1.30 bits per heavy atom. The van der Waals surface area contributed by atoms with E-state index >= 15 is 0 Å². The summed E-state index contributed by atoms with van der Waals surface area (Å²) in [7, 11) is 0. The van der Waals surface area contributed by atoms with Crippen LogP contribution in [0.3, 0.4) is 0 Å². The number of aryl methyl sites for hydroxylation is 1. The fraction of sp³-hybridized carbons (Fsp3) is 0.154. The summed E-state index contributed by atoms with van der Waals surface area (Å²) in [6.07, 6.45) is -0.630. The predicted molar refractivity (Wildman–Crippen MR) is 74.1 cm³/mol. The normalized spacial score (nSPS) is 9.50. The topological polar surface area (TPSA) is 68.3 Å². The number of thiazole rings is 1. The third-order valence-corrected chi connectivity index (χ3v) is 3.45. The third-order valence-electron chi connectivity index (χ3n) is 2.28. The van der Waals surface area contributed by atoms with Crippen LogP contribution in [0.5, 0.6) is 5.75 Å². The Balaban J connectivity index is 0.00000200. The van der Waals surface area contributed by atoms with Crippen LogP contribution in [-0.2, 0) is 0 Å². The molecular formula is C13H13N2NaO3S. The maximum atomic E-state index is 11.6. The van der Waals surface area contributed by atoms with Crippen LogP contribution in [0.15, 0.2) is 30.3 Å². The van der Waals surface area contributed by atoms with Crippen LogP contribution < -0.4 is 39.6 Å². The number of ketones is 1. The van der Waals surface area contributed by atoms with Crippen molar-refractivity contribution in [2.24, 2.45) is 0 Å². The van der Waals surface area contributed by atoms with Crippen molar-refractivity contribution in [3.05, 3.63) is 40.9 Å². The summed E-state index contributed by atoms with van der Waals surface area (Å²) >= 11 is 1.13. The standard InChI is InChI=1S/C13H12N2O3S.Na.H/c1-8-11(9(2)16)19-12(14-8)15-13(17)18-10-6-4-3-5-7-10;;/h3-7H,1-2H3,(H,14,15,17);;/q;+1;-1. The van der Waals surface area contributed by atoms with Crippen molar-refractivity contribution in [3.8, 4) is 5.75 Å². The Bertz CT molecular complexity index is 619. The number of anilines is 1. The molecule has 1 aromatic carbocycles. The molecule has 1 aromatic heterocycles. The molecule has 0 aliphatic heterocycles. The summed E-state index contributed by atoms with van der Waals surface area (Å²) in [6, 6.07) is 8.71. The van der Waals surface area contributed by atoms with Crippen molar-refractivity contribution >= 4 is 28.3 Å². The van der Waals surface area contributed by atoms with Crippen molar-refractivity contribution in [1.29, 1.82) is 0 Å². The molecule has 0 saturated carbocycles. The maximum absolute atomic E-state index is 11.6. The van der Waals surface area contributed by atoms with E-state index in [0.717, 1.165) is 11.3 Å². The quantitative estimate of drug-likeness (QED) is 0.657. The molecule has 7 heteroatoms. The molecular weight excluding hydrogens is 287 g/mol. The molecule has 0 atom stereocenters. The van der Waals surface area contributed by atoms with E-state index in [0.29, 0.717) is 21.5 Å². The predicted octanol–water partition coefficient (Wildman–Crippen LogP) is 0.382. The van der Waals surface area contributed by atoms with Gasteiger partial charge in [0.05, 0.1) is 10.6 Å². The Morgan fingerprint density at radius 2 is 1.95 bits per heavy atom. The summed E-state index contributed by atoms with van der Waals surface area (Å²) < 4.78 is 5.06. The molecule has 100 valence electrons. The van der Waals surface area contributed by atoms with E-state index in [2.05, 4.69) is 10.3 Å². The van der Waals surface area contributed by atoms with Crippen LogP contribution in [-0.4, -0.2) is 16.9 Å². The molecule has 1 amide bonds. The monoisotopic (exact) mass is 300 g/mol. The van der Waals surface area contributed by atoms with Crippen LogP contribution in [0, 0.1) is 6.92 Å². The number of rotatable bonds is 3. The molecule has 0 spiro atoms. The van der Waals surface area contributed by atoms with Gasteiger partial charge in [-0.1, -0.05) is 29.5 Å². The minimum Gasteiger partial charge on any atom is -1.00 e. The van der Waals surface area contributed by atoms with Crippen molar-refractivity contribution in [3.63, 3.8) is 0 Å². The summed E-state index contributed by atoms with van der Waals surface area (Å²) in [6.45, 7) is 3.19. The second-order valence-corrected chi connectivity index (χ2v) is 4.82. The third kappa shape index (κ3) is 4.42. The first-order valence-corrected chi connectivity index (χ1v) is 6.40. The fourth-order valence-electron chi connectivity index (χ4n) is 1.48. The number of carbonyl (C=O) groups is 2. The number of nitrogens with zero attached hydrogens (tertiary/aromatic N) is 1. The van der Waals surface area contributed by atoms with Crippen molar-refractivity contribution in [2.45, 2.75) is 13.8 Å². The molecule has 2 rings (SSSR count). The molecule has 1 N–H and O–H groups in total. The number of carbonyl (C=O) groups excluding carboxylic acids is 2. The molecule has 0 saturated heterocycles. The molecule has 0 bridgehead atoms. The van der Waals surface area contributed by atoms with E-state index in [9.17, 15) is 9.59 Å². The van der Waals surface area contributed by atoms with Gasteiger partial charge in [-0.15, -0.1) is 0 Å². The molecule has 0 fully saturated rings. The average Bonchev–Trinajstić information content (AvgIpc) is 2.71. The van der Waals surface area contributed by atoms with E-state index < -0.39 is 6.09 Å². The Morgan fingerprint density at radius 3 is 2.50 bits per heavy atom. The van der Waals surface area contributed by atoms with E-state index in [1.165, 1.54) is 6.92 Å². The van der Waals surface area contributed by atoms with Gasteiger partial charge in [-0.25, -0.2) is 9.78 Å². The Labute approximate surface area is 144 Å². The van der Waals surface area contributed by atoms with Crippen LogP contribution in [0.25, 0.3) is 0 Å². The fourth-order valence-corrected chi connectivity index (χ4v) is 2.33. The van der Waals surface area contributed by atoms with Gasteiger partial charge in [0.2, 0.25) is 0 Å². The zero-order valence-corrected chi connectivity index (χ0v) is 14.3.